The van der Waals surface area contributed by atoms with Gasteiger partial charge >= 0.3 is 17.6 Å². The molecule has 1 N–H and O–H groups in total. The lowest BCUT2D eigenvalue weighted by atomic mass is 10.1. The SMILES string of the molecule is CC(=O)N(C)C(=O)C(=[N+]=[N-])C(=O)O[C@H](C(=O)NCc1ccccc1)C(C)C. The molecule has 0 bridgehead atoms. The van der Waals surface area contributed by atoms with Crippen LogP contribution in [-0.2, 0) is 30.5 Å². The maximum absolute atomic E-state index is 12.4. The van der Waals surface area contributed by atoms with Gasteiger partial charge in [0.25, 0.3) is 5.91 Å². The summed E-state index contributed by atoms with van der Waals surface area (Å²) in [5.74, 6) is -4.07. The molecular weight excluding hydrogens is 352 g/mol. The largest absolute Gasteiger partial charge is 0.463 e. The number of nitrogens with one attached hydrogen (secondary N) is 1. The molecule has 3 amide bonds. The number of benzene rings is 1. The van der Waals surface area contributed by atoms with Crippen LogP contribution in [0.25, 0.3) is 5.53 Å². The molecule has 1 aromatic rings. The summed E-state index contributed by atoms with van der Waals surface area (Å²) in [6, 6.07) is 9.13. The predicted molar refractivity (Wildman–Crippen MR) is 95.1 cm³/mol. The molecule has 0 saturated carbocycles. The van der Waals surface area contributed by atoms with E-state index in [4.69, 9.17) is 10.3 Å². The molecule has 0 aliphatic heterocycles. The van der Waals surface area contributed by atoms with Crippen molar-refractivity contribution in [2.24, 2.45) is 5.92 Å². The van der Waals surface area contributed by atoms with Crippen LogP contribution < -0.4 is 5.32 Å². The maximum Gasteiger partial charge on any atom is 0.463 e. The maximum atomic E-state index is 12.4. The van der Waals surface area contributed by atoms with Crippen molar-refractivity contribution in [1.82, 2.24) is 10.2 Å². The van der Waals surface area contributed by atoms with Gasteiger partial charge in [-0.2, -0.15) is 4.79 Å². The molecule has 144 valence electrons. The first-order valence-electron chi connectivity index (χ1n) is 8.22. The average Bonchev–Trinajstić information content (AvgIpc) is 2.64. The van der Waals surface area contributed by atoms with Gasteiger partial charge in [0.2, 0.25) is 5.91 Å². The van der Waals surface area contributed by atoms with Crippen molar-refractivity contribution in [3.63, 3.8) is 0 Å². The molecule has 0 aliphatic rings. The fraction of sp³-hybridized carbons (Fsp3) is 0.389. The minimum Gasteiger partial charge on any atom is -0.443 e. The van der Waals surface area contributed by atoms with E-state index < -0.39 is 41.4 Å². The molecule has 0 aromatic heterocycles. The van der Waals surface area contributed by atoms with Gasteiger partial charge < -0.3 is 15.6 Å². The van der Waals surface area contributed by atoms with Gasteiger partial charge in [0.1, 0.15) is 0 Å². The summed E-state index contributed by atoms with van der Waals surface area (Å²) in [5.41, 5.74) is 8.83. The highest BCUT2D eigenvalue weighted by atomic mass is 16.5. The highest BCUT2D eigenvalue weighted by Crippen LogP contribution is 2.09. The third-order valence-corrected chi connectivity index (χ3v) is 3.68. The summed E-state index contributed by atoms with van der Waals surface area (Å²) < 4.78 is 5.07. The fourth-order valence-electron chi connectivity index (χ4n) is 2.02. The van der Waals surface area contributed by atoms with Crippen molar-refractivity contribution in [2.45, 2.75) is 33.4 Å². The Hall–Kier alpha value is -3.32. The summed E-state index contributed by atoms with van der Waals surface area (Å²) in [6.07, 6.45) is -1.21. The molecule has 0 aliphatic carbocycles. The van der Waals surface area contributed by atoms with Gasteiger partial charge in [0.15, 0.2) is 6.10 Å². The van der Waals surface area contributed by atoms with Crippen LogP contribution >= 0.6 is 0 Å². The van der Waals surface area contributed by atoms with Crippen molar-refractivity contribution in [2.75, 3.05) is 7.05 Å². The van der Waals surface area contributed by atoms with Gasteiger partial charge in [0.05, 0.1) is 0 Å². The lowest BCUT2D eigenvalue weighted by Gasteiger charge is -2.20. The summed E-state index contributed by atoms with van der Waals surface area (Å²) >= 11 is 0. The number of nitrogens with zero attached hydrogens (tertiary/aromatic N) is 3. The molecule has 0 saturated heterocycles. The van der Waals surface area contributed by atoms with E-state index >= 15 is 0 Å². The summed E-state index contributed by atoms with van der Waals surface area (Å²) in [5, 5.41) is 2.64. The van der Waals surface area contributed by atoms with Gasteiger partial charge in [-0.15, -0.1) is 0 Å². The highest BCUT2D eigenvalue weighted by molar-refractivity contribution is 6.62. The fourth-order valence-corrected chi connectivity index (χ4v) is 2.02. The van der Waals surface area contributed by atoms with Crippen molar-refractivity contribution >= 4 is 29.4 Å². The van der Waals surface area contributed by atoms with E-state index in [2.05, 4.69) is 10.1 Å². The molecule has 0 radical (unpaired) electrons. The van der Waals surface area contributed by atoms with Crippen LogP contribution in [0.15, 0.2) is 30.3 Å². The Morgan fingerprint density at radius 3 is 2.26 bits per heavy atom. The Kier molecular flexibility index (Phi) is 8.03. The van der Waals surface area contributed by atoms with Gasteiger partial charge in [-0.3, -0.25) is 19.3 Å². The van der Waals surface area contributed by atoms with E-state index in [1.54, 1.807) is 13.8 Å². The quantitative estimate of drug-likeness (QED) is 0.245. The third-order valence-electron chi connectivity index (χ3n) is 3.68. The summed E-state index contributed by atoms with van der Waals surface area (Å²) in [7, 11) is 1.12. The zero-order valence-electron chi connectivity index (χ0n) is 15.6. The van der Waals surface area contributed by atoms with Crippen LogP contribution in [-0.4, -0.2) is 52.2 Å². The van der Waals surface area contributed by atoms with Gasteiger partial charge in [-0.25, -0.2) is 4.79 Å². The number of esters is 1. The van der Waals surface area contributed by atoms with E-state index in [0.29, 0.717) is 4.90 Å². The monoisotopic (exact) mass is 374 g/mol. The second-order valence-electron chi connectivity index (χ2n) is 6.11. The Morgan fingerprint density at radius 2 is 1.78 bits per heavy atom. The summed E-state index contributed by atoms with van der Waals surface area (Å²) in [6.45, 7) is 4.64. The number of hydrogen-bond acceptors (Lipinski definition) is 5. The van der Waals surface area contributed by atoms with Crippen molar-refractivity contribution in [3.05, 3.63) is 41.4 Å². The standard InChI is InChI=1S/C18H22N4O5/c1-11(2)15(16(24)20-10-13-8-6-5-7-9-13)27-18(26)14(21-19)17(25)22(4)12(3)23/h5-9,11,15H,10H2,1-4H3,(H,20,24)/t15-/m0/s1. The number of carbonyl (C=O) groups is 4. The number of rotatable bonds is 7. The van der Waals surface area contributed by atoms with E-state index in [1.807, 2.05) is 30.3 Å². The van der Waals surface area contributed by atoms with Crippen LogP contribution in [0.1, 0.15) is 26.3 Å². The smallest absolute Gasteiger partial charge is 0.443 e. The second-order valence-corrected chi connectivity index (χ2v) is 6.11. The number of ether oxygens (including phenoxy) is 1. The third kappa shape index (κ3) is 6.16. The van der Waals surface area contributed by atoms with Crippen molar-refractivity contribution < 1.29 is 28.7 Å². The number of carbonyl (C=O) groups excluding carboxylic acids is 4. The lowest BCUT2D eigenvalue weighted by Crippen LogP contribution is -2.46. The molecule has 9 heteroatoms. The van der Waals surface area contributed by atoms with Gasteiger partial charge in [0, 0.05) is 20.5 Å². The molecule has 1 aromatic carbocycles. The molecule has 27 heavy (non-hydrogen) atoms. The molecule has 0 spiro atoms. The molecular formula is C18H22N4O5. The molecule has 0 fully saturated rings. The van der Waals surface area contributed by atoms with E-state index in [-0.39, 0.29) is 6.54 Å². The van der Waals surface area contributed by atoms with Gasteiger partial charge in [-0.05, 0) is 11.5 Å². The van der Waals surface area contributed by atoms with Crippen LogP contribution in [0.3, 0.4) is 0 Å². The normalized spacial score (nSPS) is 11.1. The van der Waals surface area contributed by atoms with Crippen LogP contribution in [0.5, 0.6) is 0 Å². The number of imide groups is 1. The molecule has 1 atom stereocenters. The Morgan fingerprint density at radius 1 is 1.19 bits per heavy atom. The zero-order chi connectivity index (χ0) is 20.6. The van der Waals surface area contributed by atoms with E-state index in [1.165, 1.54) is 0 Å². The van der Waals surface area contributed by atoms with Gasteiger partial charge in [-0.1, -0.05) is 44.2 Å². The van der Waals surface area contributed by atoms with Crippen molar-refractivity contribution in [3.8, 4) is 0 Å². The lowest BCUT2D eigenvalue weighted by molar-refractivity contribution is -0.157. The minimum atomic E-state index is -1.30. The predicted octanol–water partition coefficient (Wildman–Crippen LogP) is 0.546. The van der Waals surface area contributed by atoms with Crippen LogP contribution in [0, 0.1) is 5.92 Å². The molecule has 0 heterocycles. The Bertz CT molecular complexity index is 769. The van der Waals surface area contributed by atoms with E-state index in [9.17, 15) is 19.2 Å². The highest BCUT2D eigenvalue weighted by Gasteiger charge is 2.39. The van der Waals surface area contributed by atoms with E-state index in [0.717, 1.165) is 19.5 Å². The van der Waals surface area contributed by atoms with Crippen LogP contribution in [0.2, 0.25) is 0 Å². The first kappa shape index (κ1) is 21.7. The average molecular weight is 374 g/mol. The minimum absolute atomic E-state index is 0.230. The second kappa shape index (κ2) is 9.98. The molecule has 9 nitrogen and oxygen atoms in total. The van der Waals surface area contributed by atoms with Crippen molar-refractivity contribution in [1.29, 1.82) is 0 Å². The number of amides is 3. The molecule has 0 unspecified atom stereocenters. The van der Waals surface area contributed by atoms with Crippen LogP contribution in [0.4, 0.5) is 0 Å². The summed E-state index contributed by atoms with van der Waals surface area (Å²) in [4.78, 5) is 51.0. The molecule has 1 rings (SSSR count). The first-order chi connectivity index (χ1) is 12.7. The zero-order valence-corrected chi connectivity index (χ0v) is 15.6. The Labute approximate surface area is 156 Å². The Balaban J connectivity index is 2.84. The first-order valence-corrected chi connectivity index (χ1v) is 8.22. The topological polar surface area (TPSA) is 129 Å². The number of hydrogen-bond donors (Lipinski definition) is 1.